The van der Waals surface area contributed by atoms with Crippen LogP contribution >= 0.6 is 11.8 Å². The van der Waals surface area contributed by atoms with Gasteiger partial charge in [-0.15, -0.1) is 0 Å². The molecule has 21 heavy (non-hydrogen) atoms. The zero-order valence-corrected chi connectivity index (χ0v) is 13.8. The predicted molar refractivity (Wildman–Crippen MR) is 92.0 cm³/mol. The van der Waals surface area contributed by atoms with Gasteiger partial charge in [0, 0.05) is 35.2 Å². The summed E-state index contributed by atoms with van der Waals surface area (Å²) in [6.45, 7) is 3.11. The molecule has 0 radical (unpaired) electrons. The Morgan fingerprint density at radius 2 is 2.14 bits per heavy atom. The lowest BCUT2D eigenvalue weighted by Crippen LogP contribution is -2.34. The van der Waals surface area contributed by atoms with Gasteiger partial charge in [0.25, 0.3) is 0 Å². The molecule has 114 valence electrons. The maximum absolute atomic E-state index is 5.99. The van der Waals surface area contributed by atoms with E-state index in [0.717, 1.165) is 29.6 Å². The second-order valence-electron chi connectivity index (χ2n) is 5.96. The van der Waals surface area contributed by atoms with Crippen LogP contribution in [0.4, 0.5) is 0 Å². The van der Waals surface area contributed by atoms with Crippen LogP contribution in [-0.4, -0.2) is 17.5 Å². The van der Waals surface area contributed by atoms with E-state index in [4.69, 9.17) is 4.42 Å². The van der Waals surface area contributed by atoms with Crippen molar-refractivity contribution in [1.29, 1.82) is 0 Å². The lowest BCUT2D eigenvalue weighted by Gasteiger charge is -2.28. The number of hydrogen-bond acceptors (Lipinski definition) is 3. The molecular formula is C18H25NOS. The summed E-state index contributed by atoms with van der Waals surface area (Å²) < 4.78 is 5.99. The van der Waals surface area contributed by atoms with Crippen LogP contribution in [0.2, 0.25) is 0 Å². The molecule has 1 saturated carbocycles. The van der Waals surface area contributed by atoms with E-state index < -0.39 is 0 Å². The first-order chi connectivity index (χ1) is 10.3. The van der Waals surface area contributed by atoms with Gasteiger partial charge in [-0.3, -0.25) is 0 Å². The molecule has 3 rings (SSSR count). The van der Waals surface area contributed by atoms with Crippen molar-refractivity contribution in [3.63, 3.8) is 0 Å². The average Bonchev–Trinajstić information content (AvgIpc) is 2.91. The minimum absolute atomic E-state index is 0.662. The van der Waals surface area contributed by atoms with Crippen molar-refractivity contribution in [2.75, 3.05) is 6.26 Å². The summed E-state index contributed by atoms with van der Waals surface area (Å²) in [6, 6.07) is 9.07. The Labute approximate surface area is 131 Å². The molecule has 2 atom stereocenters. The molecule has 0 bridgehead atoms. The Bertz CT molecular complexity index is 592. The smallest absolute Gasteiger partial charge is 0.134 e. The molecule has 3 heteroatoms. The molecule has 1 aliphatic carbocycles. The molecule has 1 aromatic heterocycles. The summed E-state index contributed by atoms with van der Waals surface area (Å²) in [5, 5.41) is 5.89. The Morgan fingerprint density at radius 3 is 2.95 bits per heavy atom. The van der Waals surface area contributed by atoms with E-state index in [-0.39, 0.29) is 0 Å². The highest BCUT2D eigenvalue weighted by atomic mass is 32.2. The molecule has 1 heterocycles. The lowest BCUT2D eigenvalue weighted by molar-refractivity contribution is 0.378. The van der Waals surface area contributed by atoms with Crippen molar-refractivity contribution in [2.24, 2.45) is 0 Å². The quantitative estimate of drug-likeness (QED) is 0.862. The monoisotopic (exact) mass is 303 g/mol. The van der Waals surface area contributed by atoms with E-state index in [1.165, 1.54) is 36.6 Å². The van der Waals surface area contributed by atoms with E-state index in [1.54, 1.807) is 0 Å². The van der Waals surface area contributed by atoms with Crippen molar-refractivity contribution >= 4 is 22.7 Å². The van der Waals surface area contributed by atoms with Gasteiger partial charge in [0.1, 0.15) is 11.3 Å². The van der Waals surface area contributed by atoms with Gasteiger partial charge >= 0.3 is 0 Å². The normalized spacial score (nSPS) is 22.8. The van der Waals surface area contributed by atoms with Crippen molar-refractivity contribution in [2.45, 2.75) is 56.9 Å². The molecule has 2 aromatic rings. The Hall–Kier alpha value is -0.930. The second-order valence-corrected chi connectivity index (χ2v) is 7.09. The van der Waals surface area contributed by atoms with E-state index in [1.807, 2.05) is 17.8 Å². The van der Waals surface area contributed by atoms with E-state index in [0.29, 0.717) is 6.04 Å². The van der Waals surface area contributed by atoms with E-state index >= 15 is 0 Å². The number of para-hydroxylation sites is 1. The maximum Gasteiger partial charge on any atom is 0.134 e. The van der Waals surface area contributed by atoms with E-state index in [9.17, 15) is 0 Å². The Morgan fingerprint density at radius 1 is 1.29 bits per heavy atom. The highest BCUT2D eigenvalue weighted by molar-refractivity contribution is 7.99. The van der Waals surface area contributed by atoms with Crippen molar-refractivity contribution in [3.8, 4) is 0 Å². The van der Waals surface area contributed by atoms with Crippen LogP contribution in [-0.2, 0) is 13.0 Å². The third-order valence-corrected chi connectivity index (χ3v) is 5.72. The maximum atomic E-state index is 5.99. The number of hydrogen-bond donors (Lipinski definition) is 1. The van der Waals surface area contributed by atoms with Gasteiger partial charge in [-0.1, -0.05) is 31.5 Å². The summed E-state index contributed by atoms with van der Waals surface area (Å²) in [7, 11) is 0. The highest BCUT2D eigenvalue weighted by Crippen LogP contribution is 2.29. The molecule has 1 aliphatic rings. The summed E-state index contributed by atoms with van der Waals surface area (Å²) in [5.74, 6) is 1.14. The third kappa shape index (κ3) is 3.29. The average molecular weight is 303 g/mol. The minimum Gasteiger partial charge on any atom is -0.461 e. The van der Waals surface area contributed by atoms with Crippen LogP contribution in [0.25, 0.3) is 11.0 Å². The number of rotatable bonds is 5. The first-order valence-corrected chi connectivity index (χ1v) is 9.36. The third-order valence-electron chi connectivity index (χ3n) is 4.63. The van der Waals surface area contributed by atoms with Crippen molar-refractivity contribution in [3.05, 3.63) is 35.6 Å². The second kappa shape index (κ2) is 6.89. The fourth-order valence-electron chi connectivity index (χ4n) is 3.42. The number of benzene rings is 1. The van der Waals surface area contributed by atoms with Gasteiger partial charge in [-0.05, 0) is 31.6 Å². The molecule has 0 spiro atoms. The predicted octanol–water partition coefficient (Wildman–Crippen LogP) is 4.76. The lowest BCUT2D eigenvalue weighted by atomic mass is 9.94. The molecule has 1 aromatic carbocycles. The zero-order chi connectivity index (χ0) is 14.7. The molecule has 0 aliphatic heterocycles. The number of aryl methyl sites for hydroxylation is 1. The van der Waals surface area contributed by atoms with Crippen LogP contribution in [0, 0.1) is 0 Å². The molecule has 2 unspecified atom stereocenters. The molecule has 1 fully saturated rings. The van der Waals surface area contributed by atoms with Gasteiger partial charge in [-0.2, -0.15) is 11.8 Å². The molecule has 1 N–H and O–H groups in total. The summed E-state index contributed by atoms with van der Waals surface area (Å²) in [6.07, 6.45) is 8.56. The summed E-state index contributed by atoms with van der Waals surface area (Å²) in [4.78, 5) is 0. The van der Waals surface area contributed by atoms with Crippen LogP contribution in [0.15, 0.2) is 28.7 Å². The first-order valence-electron chi connectivity index (χ1n) is 8.07. The first kappa shape index (κ1) is 15.0. The fraction of sp³-hybridized carbons (Fsp3) is 0.556. The van der Waals surface area contributed by atoms with Crippen molar-refractivity contribution in [1.82, 2.24) is 5.32 Å². The van der Waals surface area contributed by atoms with Crippen LogP contribution in [0.5, 0.6) is 0 Å². The van der Waals surface area contributed by atoms with Gasteiger partial charge in [-0.25, -0.2) is 0 Å². The molecule has 0 saturated heterocycles. The number of nitrogens with one attached hydrogen (secondary N) is 1. The van der Waals surface area contributed by atoms with Gasteiger partial charge < -0.3 is 9.73 Å². The van der Waals surface area contributed by atoms with Gasteiger partial charge in [0.05, 0.1) is 0 Å². The molecular weight excluding hydrogens is 278 g/mol. The minimum atomic E-state index is 0.662. The topological polar surface area (TPSA) is 25.2 Å². The largest absolute Gasteiger partial charge is 0.461 e. The van der Waals surface area contributed by atoms with Crippen LogP contribution in [0.3, 0.4) is 0 Å². The summed E-state index contributed by atoms with van der Waals surface area (Å²) in [5.41, 5.74) is 2.39. The number of furan rings is 1. The van der Waals surface area contributed by atoms with Crippen LogP contribution < -0.4 is 5.32 Å². The van der Waals surface area contributed by atoms with Crippen molar-refractivity contribution < 1.29 is 4.42 Å². The van der Waals surface area contributed by atoms with Gasteiger partial charge in [0.15, 0.2) is 0 Å². The summed E-state index contributed by atoms with van der Waals surface area (Å²) >= 11 is 2.02. The fourth-order valence-corrected chi connectivity index (χ4v) is 4.25. The van der Waals surface area contributed by atoms with Gasteiger partial charge in [0.2, 0.25) is 0 Å². The van der Waals surface area contributed by atoms with E-state index in [2.05, 4.69) is 36.7 Å². The molecule has 2 nitrogen and oxygen atoms in total. The Kier molecular flexibility index (Phi) is 4.91. The highest BCUT2D eigenvalue weighted by Gasteiger charge is 2.21. The van der Waals surface area contributed by atoms with Crippen LogP contribution in [0.1, 0.15) is 43.9 Å². The zero-order valence-electron chi connectivity index (χ0n) is 13.0. The SMILES string of the molecule is CCc1oc2ccccc2c1CNC1CCCC(SC)C1. The molecule has 0 amide bonds. The Balaban J connectivity index is 1.72. The number of fused-ring (bicyclic) bond motifs is 1. The standard InChI is InChI=1S/C18H25NOS/c1-3-17-16(15-9-4-5-10-18(15)20-17)12-19-13-7-6-8-14(11-13)21-2/h4-5,9-10,13-14,19H,3,6-8,11-12H2,1-2H3. The number of thioether (sulfide) groups is 1.